The molecular weight excluding hydrogens is 349 g/mol. The van der Waals surface area contributed by atoms with E-state index in [0.717, 1.165) is 18.5 Å². The fraction of sp³-hybridized carbons (Fsp3) is 0.529. The lowest BCUT2D eigenvalue weighted by Crippen LogP contribution is -2.52. The van der Waals surface area contributed by atoms with Crippen molar-refractivity contribution in [1.29, 1.82) is 0 Å². The molecular formula is C17H21Cl2N3O2. The molecule has 2 aliphatic rings. The summed E-state index contributed by atoms with van der Waals surface area (Å²) in [7, 11) is 1.82. The first kappa shape index (κ1) is 17.4. The van der Waals surface area contributed by atoms with E-state index in [2.05, 4.69) is 0 Å². The van der Waals surface area contributed by atoms with Crippen LogP contribution in [0.1, 0.15) is 12.8 Å². The maximum Gasteiger partial charge on any atom is 0.242 e. The van der Waals surface area contributed by atoms with Gasteiger partial charge < -0.3 is 14.7 Å². The third-order valence-corrected chi connectivity index (χ3v) is 5.39. The number of likely N-dealkylation sites (N-methyl/N-ethyl adjacent to an activating group) is 1. The van der Waals surface area contributed by atoms with E-state index >= 15 is 0 Å². The van der Waals surface area contributed by atoms with Gasteiger partial charge in [0.2, 0.25) is 11.8 Å². The second-order valence-corrected chi connectivity index (χ2v) is 7.19. The second-order valence-electron chi connectivity index (χ2n) is 6.41. The molecule has 130 valence electrons. The number of nitrogens with zero attached hydrogens (tertiary/aromatic N) is 3. The maximum absolute atomic E-state index is 12.5. The van der Waals surface area contributed by atoms with Gasteiger partial charge in [-0.25, -0.2) is 0 Å². The number of hydrogen-bond acceptors (Lipinski definition) is 3. The highest BCUT2D eigenvalue weighted by atomic mass is 35.5. The first-order valence-electron chi connectivity index (χ1n) is 8.19. The highest BCUT2D eigenvalue weighted by molar-refractivity contribution is 6.43. The molecule has 5 nitrogen and oxygen atoms in total. The van der Waals surface area contributed by atoms with E-state index in [4.69, 9.17) is 23.2 Å². The summed E-state index contributed by atoms with van der Waals surface area (Å²) in [5.41, 5.74) is 0.736. The second kappa shape index (κ2) is 7.19. The molecule has 0 aromatic heterocycles. The number of carbonyl (C=O) groups excluding carboxylic acids is 2. The third-order valence-electron chi connectivity index (χ3n) is 4.59. The summed E-state index contributed by atoms with van der Waals surface area (Å²) < 4.78 is 0. The number of anilines is 1. The Hall–Kier alpha value is -1.46. The van der Waals surface area contributed by atoms with Crippen molar-refractivity contribution in [2.45, 2.75) is 12.8 Å². The number of amides is 2. The Morgan fingerprint density at radius 3 is 2.38 bits per heavy atom. The molecule has 1 aromatic rings. The topological polar surface area (TPSA) is 43.9 Å². The van der Waals surface area contributed by atoms with Gasteiger partial charge in [-0.1, -0.05) is 29.3 Å². The number of piperazine rings is 1. The molecule has 0 radical (unpaired) electrons. The van der Waals surface area contributed by atoms with Gasteiger partial charge in [-0.3, -0.25) is 9.59 Å². The molecule has 1 aliphatic heterocycles. The number of hydrogen-bond donors (Lipinski definition) is 0. The summed E-state index contributed by atoms with van der Waals surface area (Å²) in [4.78, 5) is 30.1. The Bertz CT molecular complexity index is 641. The molecule has 7 heteroatoms. The van der Waals surface area contributed by atoms with Gasteiger partial charge in [-0.2, -0.15) is 0 Å². The van der Waals surface area contributed by atoms with Crippen molar-refractivity contribution < 1.29 is 9.59 Å². The first-order chi connectivity index (χ1) is 11.5. The predicted octanol–water partition coefficient (Wildman–Crippen LogP) is 2.51. The van der Waals surface area contributed by atoms with E-state index in [-0.39, 0.29) is 24.3 Å². The standard InChI is InChI=1S/C17H21Cl2N3O2/c1-20(14-4-2-3-13(18)16(14)19)11-15(23)21-7-9-22(10-8-21)17(24)12-5-6-12/h2-4,12H,5-11H2,1H3. The fourth-order valence-corrected chi connectivity index (χ4v) is 3.38. The lowest BCUT2D eigenvalue weighted by atomic mass is 10.2. The lowest BCUT2D eigenvalue weighted by Gasteiger charge is -2.36. The molecule has 2 fully saturated rings. The van der Waals surface area contributed by atoms with Gasteiger partial charge in [0.25, 0.3) is 0 Å². The summed E-state index contributed by atoms with van der Waals surface area (Å²) in [6, 6.07) is 5.37. The van der Waals surface area contributed by atoms with E-state index in [1.807, 2.05) is 29.0 Å². The molecule has 1 aromatic carbocycles. The van der Waals surface area contributed by atoms with Gasteiger partial charge >= 0.3 is 0 Å². The third kappa shape index (κ3) is 3.78. The molecule has 0 atom stereocenters. The van der Waals surface area contributed by atoms with E-state index in [9.17, 15) is 9.59 Å². The van der Waals surface area contributed by atoms with Crippen LogP contribution in [0.2, 0.25) is 10.0 Å². The minimum atomic E-state index is 0.0343. The number of halogens is 2. The predicted molar refractivity (Wildman–Crippen MR) is 95.6 cm³/mol. The highest BCUT2D eigenvalue weighted by Crippen LogP contribution is 2.32. The molecule has 0 N–H and O–H groups in total. The summed E-state index contributed by atoms with van der Waals surface area (Å²) in [6.45, 7) is 2.67. The van der Waals surface area contributed by atoms with Crippen LogP contribution in [0.4, 0.5) is 5.69 Å². The first-order valence-corrected chi connectivity index (χ1v) is 8.94. The van der Waals surface area contributed by atoms with Gasteiger partial charge in [0.05, 0.1) is 22.3 Å². The highest BCUT2D eigenvalue weighted by Gasteiger charge is 2.35. The molecule has 1 heterocycles. The van der Waals surface area contributed by atoms with E-state index in [1.54, 1.807) is 11.0 Å². The monoisotopic (exact) mass is 369 g/mol. The fourth-order valence-electron chi connectivity index (χ4n) is 2.94. The van der Waals surface area contributed by atoms with Crippen molar-refractivity contribution >= 4 is 40.7 Å². The van der Waals surface area contributed by atoms with Gasteiger partial charge in [0.1, 0.15) is 0 Å². The van der Waals surface area contributed by atoms with Crippen LogP contribution in [0.15, 0.2) is 18.2 Å². The van der Waals surface area contributed by atoms with Gasteiger partial charge in [0, 0.05) is 39.1 Å². The number of benzene rings is 1. The molecule has 1 aliphatic carbocycles. The van der Waals surface area contributed by atoms with Crippen LogP contribution in [-0.2, 0) is 9.59 Å². The zero-order chi connectivity index (χ0) is 17.3. The van der Waals surface area contributed by atoms with Crippen molar-refractivity contribution in [2.75, 3.05) is 44.7 Å². The number of rotatable bonds is 4. The van der Waals surface area contributed by atoms with Crippen LogP contribution in [0.5, 0.6) is 0 Å². The summed E-state index contributed by atoms with van der Waals surface area (Å²) >= 11 is 12.2. The SMILES string of the molecule is CN(CC(=O)N1CCN(C(=O)C2CC2)CC1)c1cccc(Cl)c1Cl. The zero-order valence-corrected chi connectivity index (χ0v) is 15.2. The Kier molecular flexibility index (Phi) is 5.21. The molecule has 0 unspecified atom stereocenters. The molecule has 2 amide bonds. The summed E-state index contributed by atoms with van der Waals surface area (Å²) in [5, 5.41) is 0.926. The average molecular weight is 370 g/mol. The minimum Gasteiger partial charge on any atom is -0.364 e. The summed E-state index contributed by atoms with van der Waals surface area (Å²) in [6.07, 6.45) is 2.03. The smallest absolute Gasteiger partial charge is 0.242 e. The van der Waals surface area contributed by atoms with Gasteiger partial charge in [-0.05, 0) is 25.0 Å². The van der Waals surface area contributed by atoms with E-state index in [1.165, 1.54) is 0 Å². The lowest BCUT2D eigenvalue weighted by molar-refractivity contribution is -0.139. The van der Waals surface area contributed by atoms with Crippen molar-refractivity contribution in [3.63, 3.8) is 0 Å². The Morgan fingerprint density at radius 2 is 1.75 bits per heavy atom. The van der Waals surface area contributed by atoms with Crippen LogP contribution >= 0.6 is 23.2 Å². The Labute approximate surface area is 152 Å². The van der Waals surface area contributed by atoms with Crippen LogP contribution in [0.3, 0.4) is 0 Å². The minimum absolute atomic E-state index is 0.0343. The molecule has 1 saturated heterocycles. The van der Waals surface area contributed by atoms with Crippen LogP contribution in [0.25, 0.3) is 0 Å². The number of carbonyl (C=O) groups is 2. The normalized spacial score (nSPS) is 17.8. The summed E-state index contributed by atoms with van der Waals surface area (Å²) in [5.74, 6) is 0.528. The average Bonchev–Trinajstić information content (AvgIpc) is 3.41. The van der Waals surface area contributed by atoms with Gasteiger partial charge in [-0.15, -0.1) is 0 Å². The van der Waals surface area contributed by atoms with Crippen molar-refractivity contribution in [3.05, 3.63) is 28.2 Å². The molecule has 3 rings (SSSR count). The van der Waals surface area contributed by atoms with Crippen molar-refractivity contribution in [1.82, 2.24) is 9.80 Å². The Balaban J connectivity index is 1.53. The van der Waals surface area contributed by atoms with Crippen molar-refractivity contribution in [3.8, 4) is 0 Å². The Morgan fingerprint density at radius 1 is 1.12 bits per heavy atom. The van der Waals surface area contributed by atoms with Crippen LogP contribution < -0.4 is 4.90 Å². The molecule has 24 heavy (non-hydrogen) atoms. The maximum atomic E-state index is 12.5. The quantitative estimate of drug-likeness (QED) is 0.818. The van der Waals surface area contributed by atoms with Gasteiger partial charge in [0.15, 0.2) is 0 Å². The zero-order valence-electron chi connectivity index (χ0n) is 13.7. The van der Waals surface area contributed by atoms with Crippen LogP contribution in [-0.4, -0.2) is 61.4 Å². The van der Waals surface area contributed by atoms with E-state index < -0.39 is 0 Å². The van der Waals surface area contributed by atoms with E-state index in [0.29, 0.717) is 36.2 Å². The molecule has 0 spiro atoms. The largest absolute Gasteiger partial charge is 0.364 e. The van der Waals surface area contributed by atoms with Crippen molar-refractivity contribution in [2.24, 2.45) is 5.92 Å². The molecule has 0 bridgehead atoms. The molecule has 1 saturated carbocycles. The van der Waals surface area contributed by atoms with Crippen LogP contribution in [0, 0.1) is 5.92 Å².